The second kappa shape index (κ2) is 5.70. The van der Waals surface area contributed by atoms with E-state index in [1.807, 2.05) is 6.07 Å². The van der Waals surface area contributed by atoms with Gasteiger partial charge in [0.25, 0.3) is 0 Å². The molecule has 1 atom stereocenters. The number of hydrogen-bond acceptors (Lipinski definition) is 3. The summed E-state index contributed by atoms with van der Waals surface area (Å²) in [5.41, 5.74) is 2.88. The quantitative estimate of drug-likeness (QED) is 0.842. The van der Waals surface area contributed by atoms with Gasteiger partial charge in [-0.2, -0.15) is 5.26 Å². The minimum Gasteiger partial charge on any atom is -0.493 e. The predicted molar refractivity (Wildman–Crippen MR) is 67.0 cm³/mol. The second-order valence-corrected chi connectivity index (χ2v) is 4.39. The third kappa shape index (κ3) is 2.98. The zero-order valence-corrected chi connectivity index (χ0v) is 10.2. The molecule has 0 aliphatic heterocycles. The Morgan fingerprint density at radius 3 is 3.00 bits per heavy atom. The fraction of sp³-hybridized carbons (Fsp3) is 0.500. The van der Waals surface area contributed by atoms with Crippen LogP contribution in [0.4, 0.5) is 0 Å². The van der Waals surface area contributed by atoms with Crippen molar-refractivity contribution in [1.29, 1.82) is 5.26 Å². The van der Waals surface area contributed by atoms with Gasteiger partial charge in [-0.1, -0.05) is 6.07 Å². The van der Waals surface area contributed by atoms with Crippen LogP contribution < -0.4 is 10.1 Å². The normalized spacial score (nSPS) is 15.1. The van der Waals surface area contributed by atoms with Crippen LogP contribution in [0.15, 0.2) is 18.2 Å². The maximum absolute atomic E-state index is 8.78. The molecule has 1 aliphatic rings. The SMILES string of the molecule is CNC(C#N)CCOc1ccc2c(c1)CCC2. The number of nitriles is 1. The van der Waals surface area contributed by atoms with Gasteiger partial charge in [0.05, 0.1) is 18.7 Å². The second-order valence-electron chi connectivity index (χ2n) is 4.39. The molecule has 90 valence electrons. The van der Waals surface area contributed by atoms with Crippen LogP contribution in [0.25, 0.3) is 0 Å². The van der Waals surface area contributed by atoms with Crippen molar-refractivity contribution in [2.45, 2.75) is 31.7 Å². The number of hydrogen-bond donors (Lipinski definition) is 1. The molecular weight excluding hydrogens is 212 g/mol. The van der Waals surface area contributed by atoms with Gasteiger partial charge in [0.1, 0.15) is 5.75 Å². The van der Waals surface area contributed by atoms with Crippen LogP contribution in [0.3, 0.4) is 0 Å². The highest BCUT2D eigenvalue weighted by Gasteiger charge is 2.11. The lowest BCUT2D eigenvalue weighted by Gasteiger charge is -2.10. The number of nitrogens with one attached hydrogen (secondary N) is 1. The van der Waals surface area contributed by atoms with Crippen LogP contribution >= 0.6 is 0 Å². The van der Waals surface area contributed by atoms with Crippen LogP contribution in [0.1, 0.15) is 24.0 Å². The van der Waals surface area contributed by atoms with Crippen LogP contribution in [-0.2, 0) is 12.8 Å². The van der Waals surface area contributed by atoms with Crippen molar-refractivity contribution in [2.24, 2.45) is 0 Å². The van der Waals surface area contributed by atoms with Crippen LogP contribution in [0, 0.1) is 11.3 Å². The van der Waals surface area contributed by atoms with Crippen molar-refractivity contribution in [2.75, 3.05) is 13.7 Å². The Bertz CT molecular complexity index is 423. The van der Waals surface area contributed by atoms with Gasteiger partial charge in [-0.15, -0.1) is 0 Å². The van der Waals surface area contributed by atoms with Crippen molar-refractivity contribution in [1.82, 2.24) is 5.32 Å². The first-order valence-corrected chi connectivity index (χ1v) is 6.15. The maximum Gasteiger partial charge on any atom is 0.119 e. The highest BCUT2D eigenvalue weighted by molar-refractivity contribution is 5.38. The standard InChI is InChI=1S/C14H18N2O/c1-16-13(10-15)7-8-17-14-6-5-11-3-2-4-12(11)9-14/h5-6,9,13,16H,2-4,7-8H2,1H3. The molecule has 3 nitrogen and oxygen atoms in total. The summed E-state index contributed by atoms with van der Waals surface area (Å²) in [7, 11) is 1.79. The Morgan fingerprint density at radius 2 is 2.24 bits per heavy atom. The Balaban J connectivity index is 1.86. The van der Waals surface area contributed by atoms with Crippen molar-refractivity contribution < 1.29 is 4.74 Å². The maximum atomic E-state index is 8.78. The molecule has 0 fully saturated rings. The molecule has 1 aromatic carbocycles. The lowest BCUT2D eigenvalue weighted by Crippen LogP contribution is -2.25. The fourth-order valence-electron chi connectivity index (χ4n) is 2.21. The molecule has 3 heteroatoms. The van der Waals surface area contributed by atoms with Gasteiger partial charge in [-0.3, -0.25) is 0 Å². The first-order valence-electron chi connectivity index (χ1n) is 6.15. The minimum atomic E-state index is -0.121. The van der Waals surface area contributed by atoms with Crippen molar-refractivity contribution >= 4 is 0 Å². The molecule has 1 aromatic rings. The molecule has 0 bridgehead atoms. The topological polar surface area (TPSA) is 45.0 Å². The Kier molecular flexibility index (Phi) is 4.00. The number of nitrogens with zero attached hydrogens (tertiary/aromatic N) is 1. The summed E-state index contributed by atoms with van der Waals surface area (Å²) in [6, 6.07) is 8.41. The molecule has 0 saturated carbocycles. The summed E-state index contributed by atoms with van der Waals surface area (Å²) >= 11 is 0. The summed E-state index contributed by atoms with van der Waals surface area (Å²) in [5.74, 6) is 0.929. The van der Waals surface area contributed by atoms with Gasteiger partial charge in [-0.05, 0) is 49.6 Å². The molecule has 0 aromatic heterocycles. The average molecular weight is 230 g/mol. The van der Waals surface area contributed by atoms with E-state index in [4.69, 9.17) is 10.00 Å². The van der Waals surface area contributed by atoms with Gasteiger partial charge in [0.15, 0.2) is 0 Å². The first kappa shape index (κ1) is 11.9. The van der Waals surface area contributed by atoms with E-state index in [-0.39, 0.29) is 6.04 Å². The lowest BCUT2D eigenvalue weighted by atomic mass is 10.1. The van der Waals surface area contributed by atoms with Crippen LogP contribution in [-0.4, -0.2) is 19.7 Å². The van der Waals surface area contributed by atoms with Gasteiger partial charge < -0.3 is 10.1 Å². The Labute approximate surface area is 102 Å². The first-order chi connectivity index (χ1) is 8.33. The molecule has 1 N–H and O–H groups in total. The van der Waals surface area contributed by atoms with Crippen molar-refractivity contribution in [3.63, 3.8) is 0 Å². The van der Waals surface area contributed by atoms with Gasteiger partial charge in [-0.25, -0.2) is 0 Å². The number of rotatable bonds is 5. The number of aryl methyl sites for hydroxylation is 2. The molecule has 0 radical (unpaired) electrons. The fourth-order valence-corrected chi connectivity index (χ4v) is 2.21. The molecule has 0 spiro atoms. The summed E-state index contributed by atoms with van der Waals surface area (Å²) in [5, 5.41) is 11.7. The van der Waals surface area contributed by atoms with E-state index in [0.29, 0.717) is 13.0 Å². The zero-order chi connectivity index (χ0) is 12.1. The van der Waals surface area contributed by atoms with Crippen molar-refractivity contribution in [3.8, 4) is 11.8 Å². The molecule has 1 unspecified atom stereocenters. The zero-order valence-electron chi connectivity index (χ0n) is 10.2. The van der Waals surface area contributed by atoms with Gasteiger partial charge in [0.2, 0.25) is 0 Å². The number of fused-ring (bicyclic) bond motifs is 1. The molecule has 0 saturated heterocycles. The van der Waals surface area contributed by atoms with E-state index >= 15 is 0 Å². The summed E-state index contributed by atoms with van der Waals surface area (Å²) in [6.07, 6.45) is 4.34. The highest BCUT2D eigenvalue weighted by Crippen LogP contribution is 2.26. The molecule has 1 aliphatic carbocycles. The summed E-state index contributed by atoms with van der Waals surface area (Å²) in [4.78, 5) is 0. The number of ether oxygens (including phenoxy) is 1. The van der Waals surface area contributed by atoms with E-state index < -0.39 is 0 Å². The van der Waals surface area contributed by atoms with E-state index in [1.165, 1.54) is 30.4 Å². The summed E-state index contributed by atoms with van der Waals surface area (Å²) < 4.78 is 5.67. The highest BCUT2D eigenvalue weighted by atomic mass is 16.5. The average Bonchev–Trinajstić information content (AvgIpc) is 2.82. The third-order valence-electron chi connectivity index (χ3n) is 3.25. The van der Waals surface area contributed by atoms with Gasteiger partial charge in [0, 0.05) is 6.42 Å². The Morgan fingerprint density at radius 1 is 1.41 bits per heavy atom. The molecule has 0 amide bonds. The van der Waals surface area contributed by atoms with E-state index in [1.54, 1.807) is 7.05 Å². The monoisotopic (exact) mass is 230 g/mol. The van der Waals surface area contributed by atoms with Crippen molar-refractivity contribution in [3.05, 3.63) is 29.3 Å². The van der Waals surface area contributed by atoms with Gasteiger partial charge >= 0.3 is 0 Å². The largest absolute Gasteiger partial charge is 0.493 e. The molecular formula is C14H18N2O. The predicted octanol–water partition coefficient (Wildman–Crippen LogP) is 2.06. The van der Waals surface area contributed by atoms with Crippen LogP contribution in [0.2, 0.25) is 0 Å². The van der Waals surface area contributed by atoms with E-state index in [0.717, 1.165) is 5.75 Å². The smallest absolute Gasteiger partial charge is 0.119 e. The lowest BCUT2D eigenvalue weighted by molar-refractivity contribution is 0.300. The molecule has 2 rings (SSSR count). The number of benzene rings is 1. The molecule has 0 heterocycles. The third-order valence-corrected chi connectivity index (χ3v) is 3.25. The van der Waals surface area contributed by atoms with Crippen LogP contribution in [0.5, 0.6) is 5.75 Å². The molecule has 17 heavy (non-hydrogen) atoms. The minimum absolute atomic E-state index is 0.121. The van der Waals surface area contributed by atoms with E-state index in [2.05, 4.69) is 23.5 Å². The van der Waals surface area contributed by atoms with E-state index in [9.17, 15) is 0 Å². The summed E-state index contributed by atoms with van der Waals surface area (Å²) in [6.45, 7) is 0.581. The Hall–Kier alpha value is -1.53.